The molecular weight excluding hydrogens is 298 g/mol. The van der Waals surface area contributed by atoms with Gasteiger partial charge in [-0.25, -0.2) is 9.59 Å². The first-order chi connectivity index (χ1) is 9.88. The molecule has 126 valence electrons. The predicted octanol–water partition coefficient (Wildman–Crippen LogP) is -0.168. The standard InChI is InChI=1S/C11H21N5O6/c1-10(2,3)22-9(19)15-11(7(17)18,14-8(12)13)5-4-6-16(20)21/h4-6H2,1-3H3,(H,15,19)(H,17,18)(H4,12,13,14)/t11-/m1/s1. The summed E-state index contributed by atoms with van der Waals surface area (Å²) >= 11 is 0. The number of nitro groups is 1. The number of nitrogens with two attached hydrogens (primary N) is 1. The van der Waals surface area contributed by atoms with Gasteiger partial charge in [-0.2, -0.15) is 0 Å². The fraction of sp³-hybridized carbons (Fsp3) is 0.727. The SMILES string of the molecule is CC(C)(C)OC(=O)N[C@@](CCC[N+](=O)[O-])(NC(=N)N)C(=O)O. The van der Waals surface area contributed by atoms with Crippen LogP contribution >= 0.6 is 0 Å². The maximum atomic E-state index is 11.8. The minimum atomic E-state index is -2.16. The average Bonchev–Trinajstić information content (AvgIpc) is 2.23. The van der Waals surface area contributed by atoms with E-state index in [2.05, 4.69) is 10.6 Å². The number of carbonyl (C=O) groups excluding carboxylic acids is 1. The smallest absolute Gasteiger partial charge is 0.409 e. The molecule has 0 aromatic rings. The maximum Gasteiger partial charge on any atom is 0.409 e. The van der Waals surface area contributed by atoms with Crippen LogP contribution in [0.4, 0.5) is 4.79 Å². The van der Waals surface area contributed by atoms with Crippen molar-refractivity contribution in [2.24, 2.45) is 5.73 Å². The summed E-state index contributed by atoms with van der Waals surface area (Å²) in [5.41, 5.74) is 2.10. The van der Waals surface area contributed by atoms with Gasteiger partial charge in [0.1, 0.15) is 5.60 Å². The molecule has 1 amide bonds. The van der Waals surface area contributed by atoms with Crippen molar-refractivity contribution in [2.75, 3.05) is 6.54 Å². The van der Waals surface area contributed by atoms with Gasteiger partial charge in [0, 0.05) is 17.8 Å². The highest BCUT2D eigenvalue weighted by molar-refractivity contribution is 5.89. The van der Waals surface area contributed by atoms with Crippen molar-refractivity contribution in [2.45, 2.75) is 44.9 Å². The quantitative estimate of drug-likeness (QED) is 0.141. The van der Waals surface area contributed by atoms with E-state index >= 15 is 0 Å². The highest BCUT2D eigenvalue weighted by atomic mass is 16.6. The van der Waals surface area contributed by atoms with Gasteiger partial charge in [0.05, 0.1) is 0 Å². The average molecular weight is 319 g/mol. The Morgan fingerprint density at radius 3 is 2.27 bits per heavy atom. The van der Waals surface area contributed by atoms with E-state index in [1.165, 1.54) is 0 Å². The minimum Gasteiger partial charge on any atom is -0.478 e. The molecule has 11 nitrogen and oxygen atoms in total. The summed E-state index contributed by atoms with van der Waals surface area (Å²) in [4.78, 5) is 33.0. The summed E-state index contributed by atoms with van der Waals surface area (Å²) in [6, 6.07) is 0. The second-order valence-electron chi connectivity index (χ2n) is 5.54. The molecule has 0 unspecified atom stereocenters. The van der Waals surface area contributed by atoms with Crippen LogP contribution in [-0.2, 0) is 9.53 Å². The number of hydrogen-bond acceptors (Lipinski definition) is 6. The number of guanidine groups is 1. The molecule has 0 aromatic carbocycles. The summed E-state index contributed by atoms with van der Waals surface area (Å²) in [5.74, 6) is -2.25. The van der Waals surface area contributed by atoms with E-state index < -0.39 is 40.8 Å². The number of carboxylic acids is 1. The molecule has 6 N–H and O–H groups in total. The van der Waals surface area contributed by atoms with Gasteiger partial charge < -0.3 is 20.9 Å². The molecule has 0 aliphatic rings. The van der Waals surface area contributed by atoms with Crippen molar-refractivity contribution in [3.63, 3.8) is 0 Å². The molecule has 0 radical (unpaired) electrons. The van der Waals surface area contributed by atoms with Crippen molar-refractivity contribution < 1.29 is 24.4 Å². The van der Waals surface area contributed by atoms with Crippen LogP contribution in [0, 0.1) is 15.5 Å². The number of rotatable bonds is 7. The van der Waals surface area contributed by atoms with Gasteiger partial charge in [0.15, 0.2) is 5.96 Å². The van der Waals surface area contributed by atoms with Gasteiger partial charge in [-0.05, 0) is 20.8 Å². The number of carboxylic acid groups (broad SMARTS) is 1. The zero-order valence-electron chi connectivity index (χ0n) is 12.6. The first-order valence-corrected chi connectivity index (χ1v) is 6.36. The number of amides is 1. The molecule has 0 fully saturated rings. The zero-order chi connectivity index (χ0) is 17.6. The van der Waals surface area contributed by atoms with E-state index in [1.807, 2.05) is 0 Å². The lowest BCUT2D eigenvalue weighted by Crippen LogP contribution is -2.67. The largest absolute Gasteiger partial charge is 0.478 e. The number of nitrogens with zero attached hydrogens (tertiary/aromatic N) is 1. The fourth-order valence-corrected chi connectivity index (χ4v) is 1.55. The Kier molecular flexibility index (Phi) is 6.55. The Labute approximate surface area is 126 Å². The Morgan fingerprint density at radius 2 is 1.91 bits per heavy atom. The number of hydrogen-bond donors (Lipinski definition) is 5. The Hall–Kier alpha value is -2.59. The van der Waals surface area contributed by atoms with Crippen LogP contribution in [0.1, 0.15) is 33.6 Å². The molecule has 0 aliphatic heterocycles. The molecule has 0 bridgehead atoms. The van der Waals surface area contributed by atoms with Gasteiger partial charge >= 0.3 is 12.1 Å². The summed E-state index contributed by atoms with van der Waals surface area (Å²) < 4.78 is 4.95. The van der Waals surface area contributed by atoms with Crippen molar-refractivity contribution in [1.82, 2.24) is 10.6 Å². The minimum absolute atomic E-state index is 0.157. The van der Waals surface area contributed by atoms with Crippen LogP contribution in [0.15, 0.2) is 0 Å². The molecule has 0 saturated carbocycles. The summed E-state index contributed by atoms with van der Waals surface area (Å²) in [7, 11) is 0. The third-order valence-electron chi connectivity index (χ3n) is 2.32. The number of nitrogens with one attached hydrogen (secondary N) is 3. The topological polar surface area (TPSA) is 181 Å². The van der Waals surface area contributed by atoms with Crippen molar-refractivity contribution in [3.05, 3.63) is 10.1 Å². The van der Waals surface area contributed by atoms with Gasteiger partial charge in [-0.15, -0.1) is 0 Å². The summed E-state index contributed by atoms with van der Waals surface area (Å²) in [6.07, 6.45) is -1.57. The van der Waals surface area contributed by atoms with Crippen LogP contribution < -0.4 is 16.4 Å². The first-order valence-electron chi connectivity index (χ1n) is 6.36. The van der Waals surface area contributed by atoms with Gasteiger partial charge in [0.25, 0.3) is 0 Å². The van der Waals surface area contributed by atoms with E-state index in [4.69, 9.17) is 15.9 Å². The van der Waals surface area contributed by atoms with Gasteiger partial charge in [-0.3, -0.25) is 20.8 Å². The molecule has 0 saturated heterocycles. The third-order valence-corrected chi connectivity index (χ3v) is 2.32. The van der Waals surface area contributed by atoms with Crippen molar-refractivity contribution >= 4 is 18.0 Å². The second-order valence-corrected chi connectivity index (χ2v) is 5.54. The highest BCUT2D eigenvalue weighted by Gasteiger charge is 2.42. The summed E-state index contributed by atoms with van der Waals surface area (Å²) in [5, 5.41) is 31.0. The second kappa shape index (κ2) is 7.43. The maximum absolute atomic E-state index is 11.8. The highest BCUT2D eigenvalue weighted by Crippen LogP contribution is 2.13. The molecule has 0 aromatic heterocycles. The Bertz CT molecular complexity index is 460. The Morgan fingerprint density at radius 1 is 1.36 bits per heavy atom. The van der Waals surface area contributed by atoms with Crippen LogP contribution in [-0.4, -0.2) is 45.9 Å². The molecule has 1 atom stereocenters. The van der Waals surface area contributed by atoms with Crippen LogP contribution in [0.2, 0.25) is 0 Å². The first kappa shape index (κ1) is 19.4. The molecule has 0 aliphatic carbocycles. The normalized spacial score (nSPS) is 13.6. The predicted molar refractivity (Wildman–Crippen MR) is 75.9 cm³/mol. The molecule has 0 spiro atoms. The molecular formula is C11H21N5O6. The summed E-state index contributed by atoms with van der Waals surface area (Å²) in [6.45, 7) is 4.26. The monoisotopic (exact) mass is 319 g/mol. The third kappa shape index (κ3) is 7.26. The fourth-order valence-electron chi connectivity index (χ4n) is 1.55. The number of alkyl carbamates (subject to hydrolysis) is 1. The van der Waals surface area contributed by atoms with Gasteiger partial charge in [-0.1, -0.05) is 0 Å². The molecule has 22 heavy (non-hydrogen) atoms. The number of carbonyl (C=O) groups is 2. The lowest BCUT2D eigenvalue weighted by Gasteiger charge is -2.32. The Balaban J connectivity index is 5.18. The van der Waals surface area contributed by atoms with Crippen LogP contribution in [0.25, 0.3) is 0 Å². The number of aliphatic carboxylic acids is 1. The zero-order valence-corrected chi connectivity index (χ0v) is 12.6. The van der Waals surface area contributed by atoms with E-state index in [0.717, 1.165) is 0 Å². The van der Waals surface area contributed by atoms with E-state index in [0.29, 0.717) is 0 Å². The van der Waals surface area contributed by atoms with Crippen molar-refractivity contribution in [1.29, 1.82) is 5.41 Å². The van der Waals surface area contributed by atoms with E-state index in [-0.39, 0.29) is 12.8 Å². The van der Waals surface area contributed by atoms with Crippen LogP contribution in [0.3, 0.4) is 0 Å². The van der Waals surface area contributed by atoms with Gasteiger partial charge in [0.2, 0.25) is 12.2 Å². The van der Waals surface area contributed by atoms with E-state index in [9.17, 15) is 24.8 Å². The van der Waals surface area contributed by atoms with Crippen molar-refractivity contribution in [3.8, 4) is 0 Å². The lowest BCUT2D eigenvalue weighted by molar-refractivity contribution is -0.480. The van der Waals surface area contributed by atoms with E-state index in [1.54, 1.807) is 20.8 Å². The number of ether oxygens (including phenoxy) is 1. The molecule has 0 heterocycles. The van der Waals surface area contributed by atoms with Crippen LogP contribution in [0.5, 0.6) is 0 Å². The lowest BCUT2D eigenvalue weighted by atomic mass is 10.0. The molecule has 0 rings (SSSR count). The molecule has 11 heteroatoms.